The third-order valence-corrected chi connectivity index (χ3v) is 6.71. The van der Waals surface area contributed by atoms with E-state index < -0.39 is 9.84 Å². The van der Waals surface area contributed by atoms with Gasteiger partial charge in [0.15, 0.2) is 27.2 Å². The summed E-state index contributed by atoms with van der Waals surface area (Å²) >= 11 is 0. The quantitative estimate of drug-likeness (QED) is 0.741. The first kappa shape index (κ1) is 16.9. The molecule has 4 rings (SSSR count). The lowest BCUT2D eigenvalue weighted by Crippen LogP contribution is -2.33. The van der Waals surface area contributed by atoms with E-state index in [1.54, 1.807) is 14.2 Å². The molecule has 1 N–H and O–H groups in total. The molecule has 1 saturated heterocycles. The van der Waals surface area contributed by atoms with Crippen LogP contribution in [0.3, 0.4) is 0 Å². The molecule has 1 aliphatic rings. The molecule has 0 radical (unpaired) electrons. The fourth-order valence-corrected chi connectivity index (χ4v) is 5.30. The topological polar surface area (TPSA) is 97.4 Å². The second-order valence-corrected chi connectivity index (χ2v) is 8.70. The molecule has 0 bridgehead atoms. The Morgan fingerprint density at radius 1 is 1.19 bits per heavy atom. The number of hydrogen-bond acceptors (Lipinski definition) is 7. The van der Waals surface area contributed by atoms with Crippen LogP contribution in [0.5, 0.6) is 11.5 Å². The summed E-state index contributed by atoms with van der Waals surface area (Å²) in [5.74, 6) is 2.30. The fraction of sp³-hybridized carbons (Fsp3) is 0.412. The van der Waals surface area contributed by atoms with Gasteiger partial charge < -0.3 is 19.4 Å². The smallest absolute Gasteiger partial charge is 0.162 e. The normalized spacial score (nSPS) is 19.1. The van der Waals surface area contributed by atoms with Crippen LogP contribution in [0.4, 0.5) is 5.82 Å². The summed E-state index contributed by atoms with van der Waals surface area (Å²) in [6, 6.07) is 3.65. The number of aromatic nitrogens is 3. The van der Waals surface area contributed by atoms with E-state index in [4.69, 9.17) is 9.47 Å². The van der Waals surface area contributed by atoms with Gasteiger partial charge in [-0.25, -0.2) is 18.4 Å². The molecule has 26 heavy (non-hydrogen) atoms. The lowest BCUT2D eigenvalue weighted by Gasteiger charge is -2.24. The molecular weight excluding hydrogens is 356 g/mol. The molecule has 138 valence electrons. The number of rotatable bonds is 4. The molecule has 9 heteroatoms. The van der Waals surface area contributed by atoms with Gasteiger partial charge in [0.2, 0.25) is 0 Å². The van der Waals surface area contributed by atoms with Crippen molar-refractivity contribution in [3.05, 3.63) is 18.5 Å². The summed E-state index contributed by atoms with van der Waals surface area (Å²) in [4.78, 5) is 14.1. The molecule has 1 fully saturated rings. The standard InChI is InChI=1S/C17H20N4O4S/c1-21(10-4-5-26(22,23)8-10)17-16-15(18-9-19-17)11-6-13(24-2)14(25-3)7-12(11)20-16/h6-7,9-10,20H,4-5,8H2,1-3H3. The summed E-state index contributed by atoms with van der Waals surface area (Å²) in [5, 5.41) is 0.897. The van der Waals surface area contributed by atoms with E-state index in [0.29, 0.717) is 23.7 Å². The predicted molar refractivity (Wildman–Crippen MR) is 100.0 cm³/mol. The summed E-state index contributed by atoms with van der Waals surface area (Å²) < 4.78 is 34.4. The lowest BCUT2D eigenvalue weighted by molar-refractivity contribution is 0.356. The van der Waals surface area contributed by atoms with Crippen LogP contribution in [-0.2, 0) is 9.84 Å². The van der Waals surface area contributed by atoms with E-state index in [9.17, 15) is 8.42 Å². The van der Waals surface area contributed by atoms with Crippen LogP contribution in [0.1, 0.15) is 6.42 Å². The third kappa shape index (κ3) is 2.63. The summed E-state index contributed by atoms with van der Waals surface area (Å²) in [5.41, 5.74) is 2.38. The summed E-state index contributed by atoms with van der Waals surface area (Å²) in [7, 11) is 2.08. The monoisotopic (exact) mass is 376 g/mol. The van der Waals surface area contributed by atoms with Crippen molar-refractivity contribution < 1.29 is 17.9 Å². The van der Waals surface area contributed by atoms with Crippen molar-refractivity contribution in [3.8, 4) is 11.5 Å². The van der Waals surface area contributed by atoms with Crippen LogP contribution in [-0.4, -0.2) is 62.2 Å². The number of ether oxygens (including phenoxy) is 2. The van der Waals surface area contributed by atoms with Gasteiger partial charge in [0.05, 0.1) is 31.2 Å². The van der Waals surface area contributed by atoms with Crippen LogP contribution in [0.25, 0.3) is 21.9 Å². The average Bonchev–Trinajstić information content (AvgIpc) is 3.18. The van der Waals surface area contributed by atoms with Crippen molar-refractivity contribution in [2.24, 2.45) is 0 Å². The Bertz CT molecular complexity index is 1090. The lowest BCUT2D eigenvalue weighted by atomic mass is 10.2. The third-order valence-electron chi connectivity index (χ3n) is 4.96. The minimum absolute atomic E-state index is 0.0893. The van der Waals surface area contributed by atoms with Gasteiger partial charge in [0, 0.05) is 24.5 Å². The molecule has 8 nitrogen and oxygen atoms in total. The van der Waals surface area contributed by atoms with Crippen LogP contribution < -0.4 is 14.4 Å². The molecule has 0 saturated carbocycles. The Morgan fingerprint density at radius 2 is 1.92 bits per heavy atom. The van der Waals surface area contributed by atoms with Crippen molar-refractivity contribution in [3.63, 3.8) is 0 Å². The Labute approximate surface area is 151 Å². The second-order valence-electron chi connectivity index (χ2n) is 6.47. The molecule has 0 aliphatic carbocycles. The Kier molecular flexibility index (Phi) is 3.91. The number of nitrogens with zero attached hydrogens (tertiary/aromatic N) is 3. The maximum atomic E-state index is 11.8. The second kappa shape index (κ2) is 6.01. The van der Waals surface area contributed by atoms with Gasteiger partial charge in [-0.1, -0.05) is 0 Å². The Morgan fingerprint density at radius 3 is 2.58 bits per heavy atom. The molecular formula is C17H20N4O4S. The SMILES string of the molecule is COc1cc2[nH]c3c(N(C)C4CCS(=O)(=O)C4)ncnc3c2cc1OC. The molecule has 0 spiro atoms. The van der Waals surface area contributed by atoms with Gasteiger partial charge in [-0.05, 0) is 12.5 Å². The first-order valence-corrected chi connectivity index (χ1v) is 10.1. The van der Waals surface area contributed by atoms with Crippen molar-refractivity contribution >= 4 is 37.6 Å². The number of H-pyrrole nitrogens is 1. The van der Waals surface area contributed by atoms with E-state index >= 15 is 0 Å². The highest BCUT2D eigenvalue weighted by atomic mass is 32.2. The van der Waals surface area contributed by atoms with Gasteiger partial charge in [0.25, 0.3) is 0 Å². The minimum Gasteiger partial charge on any atom is -0.493 e. The highest BCUT2D eigenvalue weighted by molar-refractivity contribution is 7.91. The number of hydrogen-bond donors (Lipinski definition) is 1. The van der Waals surface area contributed by atoms with Crippen molar-refractivity contribution in [1.82, 2.24) is 15.0 Å². The predicted octanol–water partition coefficient (Wildman–Crippen LogP) is 1.75. The van der Waals surface area contributed by atoms with Crippen molar-refractivity contribution in [2.75, 3.05) is 37.7 Å². The van der Waals surface area contributed by atoms with Crippen LogP contribution in [0.15, 0.2) is 18.5 Å². The van der Waals surface area contributed by atoms with Crippen LogP contribution >= 0.6 is 0 Å². The molecule has 1 aliphatic heterocycles. The zero-order valence-electron chi connectivity index (χ0n) is 14.8. The van der Waals surface area contributed by atoms with E-state index in [-0.39, 0.29) is 17.5 Å². The van der Waals surface area contributed by atoms with E-state index in [0.717, 1.165) is 21.9 Å². The maximum absolute atomic E-state index is 11.8. The van der Waals surface area contributed by atoms with Gasteiger partial charge in [-0.15, -0.1) is 0 Å². The van der Waals surface area contributed by atoms with E-state index in [2.05, 4.69) is 15.0 Å². The number of benzene rings is 1. The minimum atomic E-state index is -2.97. The van der Waals surface area contributed by atoms with Crippen molar-refractivity contribution in [1.29, 1.82) is 0 Å². The van der Waals surface area contributed by atoms with E-state index in [1.165, 1.54) is 6.33 Å². The number of methoxy groups -OCH3 is 2. The number of anilines is 1. The molecule has 1 unspecified atom stereocenters. The average molecular weight is 376 g/mol. The Hall–Kier alpha value is -2.55. The Balaban J connectivity index is 1.86. The number of sulfone groups is 1. The molecule has 1 atom stereocenters. The number of fused-ring (bicyclic) bond motifs is 3. The van der Waals surface area contributed by atoms with Crippen LogP contribution in [0.2, 0.25) is 0 Å². The van der Waals surface area contributed by atoms with E-state index in [1.807, 2.05) is 24.1 Å². The highest BCUT2D eigenvalue weighted by Gasteiger charge is 2.32. The van der Waals surface area contributed by atoms with Gasteiger partial charge in [-0.3, -0.25) is 0 Å². The molecule has 1 aromatic carbocycles. The number of aromatic amines is 1. The number of nitrogens with one attached hydrogen (secondary N) is 1. The summed E-state index contributed by atoms with van der Waals surface area (Å²) in [6.07, 6.45) is 2.10. The summed E-state index contributed by atoms with van der Waals surface area (Å²) in [6.45, 7) is 0. The maximum Gasteiger partial charge on any atom is 0.162 e. The highest BCUT2D eigenvalue weighted by Crippen LogP contribution is 2.37. The first-order valence-electron chi connectivity index (χ1n) is 8.25. The zero-order valence-corrected chi connectivity index (χ0v) is 15.6. The van der Waals surface area contributed by atoms with Gasteiger partial charge in [0.1, 0.15) is 17.4 Å². The molecule has 3 heterocycles. The molecule has 2 aromatic heterocycles. The molecule has 0 amide bonds. The van der Waals surface area contributed by atoms with Gasteiger partial charge in [-0.2, -0.15) is 0 Å². The largest absolute Gasteiger partial charge is 0.493 e. The van der Waals surface area contributed by atoms with Gasteiger partial charge >= 0.3 is 0 Å². The molecule has 3 aromatic rings. The van der Waals surface area contributed by atoms with Crippen LogP contribution in [0, 0.1) is 0 Å². The zero-order chi connectivity index (χ0) is 18.5. The fourth-order valence-electron chi connectivity index (χ4n) is 3.53. The first-order chi connectivity index (χ1) is 12.4. The van der Waals surface area contributed by atoms with Crippen molar-refractivity contribution in [2.45, 2.75) is 12.5 Å².